The van der Waals surface area contributed by atoms with E-state index < -0.39 is 0 Å². The summed E-state index contributed by atoms with van der Waals surface area (Å²) in [6.45, 7) is 0.570. The molecule has 0 bridgehead atoms. The molecule has 0 heterocycles. The zero-order chi connectivity index (χ0) is 13.4. The van der Waals surface area contributed by atoms with Crippen molar-refractivity contribution in [2.75, 3.05) is 0 Å². The van der Waals surface area contributed by atoms with Gasteiger partial charge in [-0.1, -0.05) is 12.2 Å². The number of nitrogens with zero attached hydrogens (tertiary/aromatic N) is 1. The molecule has 0 aromatic heterocycles. The van der Waals surface area contributed by atoms with Crippen LogP contribution in [0.5, 0.6) is 0 Å². The fraction of sp³-hybridized carbons (Fsp3) is 0.500. The SMILES string of the molecule is O=[N+]([O-])c1ccc(CO[C@@H]2[C@@H]3C=C[C@H]4[C@H]3[C@H]3[C@@H]4[C@H]23)cc1. The van der Waals surface area contributed by atoms with Crippen LogP contribution in [-0.4, -0.2) is 11.0 Å². The Hall–Kier alpha value is -1.68. The maximum Gasteiger partial charge on any atom is 0.269 e. The number of fused-ring (bicyclic) bond motifs is 2. The number of allylic oxidation sites excluding steroid dienone is 1. The second-order valence-corrected chi connectivity index (χ2v) is 6.55. The highest BCUT2D eigenvalue weighted by Crippen LogP contribution is 2.80. The van der Waals surface area contributed by atoms with Crippen molar-refractivity contribution in [3.05, 3.63) is 52.1 Å². The topological polar surface area (TPSA) is 52.4 Å². The van der Waals surface area contributed by atoms with E-state index in [-0.39, 0.29) is 10.6 Å². The molecule has 0 saturated heterocycles. The highest BCUT2D eigenvalue weighted by Gasteiger charge is 2.79. The largest absolute Gasteiger partial charge is 0.373 e. The Bertz CT molecular complexity index is 623. The molecule has 5 rings (SSSR count). The second-order valence-electron chi connectivity index (χ2n) is 6.55. The van der Waals surface area contributed by atoms with Crippen LogP contribution in [0, 0.1) is 45.6 Å². The first-order chi connectivity index (χ1) is 9.75. The molecule has 4 nitrogen and oxygen atoms in total. The van der Waals surface area contributed by atoms with E-state index in [4.69, 9.17) is 4.74 Å². The van der Waals surface area contributed by atoms with Crippen LogP contribution >= 0.6 is 0 Å². The molecule has 0 radical (unpaired) electrons. The van der Waals surface area contributed by atoms with E-state index in [0.29, 0.717) is 18.6 Å². The van der Waals surface area contributed by atoms with Crippen molar-refractivity contribution in [2.24, 2.45) is 35.5 Å². The molecule has 3 saturated carbocycles. The molecule has 4 heteroatoms. The minimum Gasteiger partial charge on any atom is -0.373 e. The van der Waals surface area contributed by atoms with Crippen LogP contribution in [0.15, 0.2) is 36.4 Å². The summed E-state index contributed by atoms with van der Waals surface area (Å²) < 4.78 is 6.15. The molecule has 102 valence electrons. The number of nitro groups is 1. The van der Waals surface area contributed by atoms with Crippen LogP contribution in [0.1, 0.15) is 5.56 Å². The molecule has 20 heavy (non-hydrogen) atoms. The van der Waals surface area contributed by atoms with Gasteiger partial charge >= 0.3 is 0 Å². The molecule has 0 unspecified atom stereocenters. The number of ether oxygens (including phenoxy) is 1. The third-order valence-corrected chi connectivity index (χ3v) is 5.87. The van der Waals surface area contributed by atoms with Crippen molar-refractivity contribution in [1.82, 2.24) is 0 Å². The normalized spacial score (nSPS) is 45.1. The minimum absolute atomic E-state index is 0.139. The van der Waals surface area contributed by atoms with E-state index in [9.17, 15) is 10.1 Å². The summed E-state index contributed by atoms with van der Waals surface area (Å²) in [6.07, 6.45) is 5.17. The minimum atomic E-state index is -0.368. The van der Waals surface area contributed by atoms with E-state index >= 15 is 0 Å². The summed E-state index contributed by atoms with van der Waals surface area (Å²) in [5, 5.41) is 10.6. The van der Waals surface area contributed by atoms with Crippen LogP contribution in [0.2, 0.25) is 0 Å². The maximum absolute atomic E-state index is 10.6. The van der Waals surface area contributed by atoms with Gasteiger partial charge in [0.25, 0.3) is 5.69 Å². The summed E-state index contributed by atoms with van der Waals surface area (Å²) >= 11 is 0. The first-order valence-corrected chi connectivity index (χ1v) is 7.29. The Morgan fingerprint density at radius 1 is 1.00 bits per heavy atom. The number of hydrogen-bond donors (Lipinski definition) is 0. The van der Waals surface area contributed by atoms with Crippen molar-refractivity contribution in [1.29, 1.82) is 0 Å². The Kier molecular flexibility index (Phi) is 1.93. The molecule has 7 atom stereocenters. The smallest absolute Gasteiger partial charge is 0.269 e. The van der Waals surface area contributed by atoms with Gasteiger partial charge in [-0.3, -0.25) is 10.1 Å². The molecule has 0 spiro atoms. The zero-order valence-electron chi connectivity index (χ0n) is 10.9. The van der Waals surface area contributed by atoms with Crippen LogP contribution in [-0.2, 0) is 11.3 Å². The molecule has 3 fully saturated rings. The predicted octanol–water partition coefficient (Wildman–Crippen LogP) is 2.79. The predicted molar refractivity (Wildman–Crippen MR) is 71.8 cm³/mol. The van der Waals surface area contributed by atoms with Crippen molar-refractivity contribution >= 4 is 5.69 Å². The molecule has 4 aliphatic carbocycles. The zero-order valence-corrected chi connectivity index (χ0v) is 10.9. The monoisotopic (exact) mass is 269 g/mol. The van der Waals surface area contributed by atoms with Gasteiger partial charge in [0, 0.05) is 18.1 Å². The fourth-order valence-electron chi connectivity index (χ4n) is 5.09. The van der Waals surface area contributed by atoms with E-state index in [0.717, 1.165) is 35.2 Å². The summed E-state index contributed by atoms with van der Waals surface area (Å²) in [5.41, 5.74) is 1.16. The first kappa shape index (κ1) is 11.0. The molecule has 4 aliphatic rings. The van der Waals surface area contributed by atoms with Crippen LogP contribution in [0.3, 0.4) is 0 Å². The van der Waals surface area contributed by atoms with Crippen LogP contribution < -0.4 is 0 Å². The summed E-state index contributed by atoms with van der Waals surface area (Å²) in [6, 6.07) is 6.70. The van der Waals surface area contributed by atoms with Gasteiger partial charge in [-0.2, -0.15) is 0 Å². The van der Waals surface area contributed by atoms with Crippen LogP contribution in [0.4, 0.5) is 5.69 Å². The Labute approximate surface area is 116 Å². The first-order valence-electron chi connectivity index (χ1n) is 7.29. The molecule has 1 aromatic carbocycles. The summed E-state index contributed by atoms with van der Waals surface area (Å²) in [5.74, 6) is 5.04. The number of benzene rings is 1. The molecular weight excluding hydrogens is 254 g/mol. The third kappa shape index (κ3) is 1.21. The van der Waals surface area contributed by atoms with Crippen LogP contribution in [0.25, 0.3) is 0 Å². The maximum atomic E-state index is 10.6. The molecular formula is C16H15NO3. The van der Waals surface area contributed by atoms with E-state index in [1.54, 1.807) is 24.3 Å². The Morgan fingerprint density at radius 2 is 1.75 bits per heavy atom. The molecule has 0 N–H and O–H groups in total. The molecule has 1 aromatic rings. The average Bonchev–Trinajstić information content (AvgIpc) is 2.86. The van der Waals surface area contributed by atoms with E-state index in [1.165, 1.54) is 0 Å². The van der Waals surface area contributed by atoms with Gasteiger partial charge in [-0.25, -0.2) is 0 Å². The standard InChI is InChI=1S/C16H15NO3/c18-17(19)9-3-1-8(2-4-9)7-20-16-11-6-5-10-12(11)14-13(10)15(14)16/h1-6,10-16H,7H2/t10-,11+,12+,13+,14-,15-,16+/m0/s1. The van der Waals surface area contributed by atoms with Gasteiger partial charge in [-0.05, 0) is 47.3 Å². The highest BCUT2D eigenvalue weighted by atomic mass is 16.6. The lowest BCUT2D eigenvalue weighted by Gasteiger charge is -2.36. The lowest BCUT2D eigenvalue weighted by atomic mass is 9.70. The van der Waals surface area contributed by atoms with Gasteiger partial charge in [0.15, 0.2) is 0 Å². The van der Waals surface area contributed by atoms with Gasteiger partial charge < -0.3 is 4.74 Å². The quantitative estimate of drug-likeness (QED) is 0.480. The Morgan fingerprint density at radius 3 is 2.50 bits per heavy atom. The van der Waals surface area contributed by atoms with Crippen molar-refractivity contribution < 1.29 is 9.66 Å². The van der Waals surface area contributed by atoms with Gasteiger partial charge in [0.2, 0.25) is 0 Å². The summed E-state index contributed by atoms with van der Waals surface area (Å²) in [4.78, 5) is 10.3. The molecule has 0 amide bonds. The number of hydrogen-bond acceptors (Lipinski definition) is 3. The van der Waals surface area contributed by atoms with Crippen molar-refractivity contribution in [3.63, 3.8) is 0 Å². The second kappa shape index (κ2) is 3.50. The molecule has 0 aliphatic heterocycles. The lowest BCUT2D eigenvalue weighted by Crippen LogP contribution is -2.36. The highest BCUT2D eigenvalue weighted by molar-refractivity contribution is 5.36. The van der Waals surface area contributed by atoms with Gasteiger partial charge in [0.05, 0.1) is 17.6 Å². The van der Waals surface area contributed by atoms with E-state index in [1.807, 2.05) is 0 Å². The van der Waals surface area contributed by atoms with Gasteiger partial charge in [-0.15, -0.1) is 0 Å². The number of rotatable bonds is 4. The fourth-order valence-corrected chi connectivity index (χ4v) is 5.09. The Balaban J connectivity index is 1.28. The third-order valence-electron chi connectivity index (χ3n) is 5.87. The summed E-state index contributed by atoms with van der Waals surface area (Å²) in [7, 11) is 0. The van der Waals surface area contributed by atoms with Gasteiger partial charge in [0.1, 0.15) is 0 Å². The average molecular weight is 269 g/mol. The lowest BCUT2D eigenvalue weighted by molar-refractivity contribution is -0.384. The van der Waals surface area contributed by atoms with E-state index in [2.05, 4.69) is 12.2 Å². The number of nitro benzene ring substituents is 1. The van der Waals surface area contributed by atoms with Crippen molar-refractivity contribution in [3.8, 4) is 0 Å². The number of non-ortho nitro benzene ring substituents is 1. The van der Waals surface area contributed by atoms with Crippen molar-refractivity contribution in [2.45, 2.75) is 12.7 Å².